The van der Waals surface area contributed by atoms with E-state index in [2.05, 4.69) is 17.4 Å². The Kier molecular flexibility index (Phi) is 5.43. The number of fused-ring (bicyclic) bond motifs is 1. The first-order valence-corrected chi connectivity index (χ1v) is 9.31. The molecule has 1 aliphatic carbocycles. The van der Waals surface area contributed by atoms with Crippen molar-refractivity contribution in [1.29, 1.82) is 0 Å². The molecule has 2 unspecified atom stereocenters. The lowest BCUT2D eigenvalue weighted by atomic mass is 9.87. The van der Waals surface area contributed by atoms with Crippen molar-refractivity contribution < 1.29 is 14.7 Å². The molecule has 1 aliphatic rings. The van der Waals surface area contributed by atoms with E-state index in [1.54, 1.807) is 25.1 Å². The molecule has 0 saturated carbocycles. The van der Waals surface area contributed by atoms with Gasteiger partial charge in [-0.3, -0.25) is 9.59 Å². The standard InChI is InChI=1S/C20H21NO3S/c1-13(20(23)24)25-18-12-5-4-10-16(18)19(22)21-17-11-6-8-14-7-2-3-9-15(14)17/h2-5,7,9-10,12-13,17H,6,8,11H2,1H3,(H,21,22)(H,23,24). The van der Waals surface area contributed by atoms with Gasteiger partial charge in [0.1, 0.15) is 5.25 Å². The number of hydrogen-bond acceptors (Lipinski definition) is 3. The number of nitrogens with one attached hydrogen (secondary N) is 1. The highest BCUT2D eigenvalue weighted by molar-refractivity contribution is 8.00. The van der Waals surface area contributed by atoms with E-state index in [1.165, 1.54) is 22.9 Å². The molecule has 2 aromatic rings. The number of aryl methyl sites for hydroxylation is 1. The third-order valence-electron chi connectivity index (χ3n) is 4.46. The lowest BCUT2D eigenvalue weighted by Crippen LogP contribution is -2.31. The lowest BCUT2D eigenvalue weighted by Gasteiger charge is -2.26. The summed E-state index contributed by atoms with van der Waals surface area (Å²) in [6, 6.07) is 15.4. The van der Waals surface area contributed by atoms with Gasteiger partial charge in [-0.15, -0.1) is 11.8 Å². The Morgan fingerprint density at radius 3 is 2.68 bits per heavy atom. The summed E-state index contributed by atoms with van der Waals surface area (Å²) < 4.78 is 0. The second-order valence-electron chi connectivity index (χ2n) is 6.21. The van der Waals surface area contributed by atoms with E-state index >= 15 is 0 Å². The van der Waals surface area contributed by atoms with Crippen molar-refractivity contribution in [3.8, 4) is 0 Å². The molecular formula is C20H21NO3S. The van der Waals surface area contributed by atoms with E-state index in [0.717, 1.165) is 19.3 Å². The van der Waals surface area contributed by atoms with Crippen molar-refractivity contribution in [1.82, 2.24) is 5.32 Å². The Labute approximate surface area is 151 Å². The third-order valence-corrected chi connectivity index (χ3v) is 5.62. The van der Waals surface area contributed by atoms with Crippen LogP contribution in [-0.4, -0.2) is 22.2 Å². The van der Waals surface area contributed by atoms with Crippen LogP contribution in [-0.2, 0) is 11.2 Å². The number of rotatable bonds is 5. The van der Waals surface area contributed by atoms with Crippen LogP contribution >= 0.6 is 11.8 Å². The minimum atomic E-state index is -0.888. The molecule has 0 aliphatic heterocycles. The van der Waals surface area contributed by atoms with Gasteiger partial charge in [0.2, 0.25) is 0 Å². The van der Waals surface area contributed by atoms with Crippen molar-refractivity contribution in [2.75, 3.05) is 0 Å². The molecule has 2 atom stereocenters. The average Bonchev–Trinajstić information content (AvgIpc) is 2.62. The average molecular weight is 355 g/mol. The monoisotopic (exact) mass is 355 g/mol. The number of aliphatic carboxylic acids is 1. The maximum Gasteiger partial charge on any atom is 0.316 e. The first-order chi connectivity index (χ1) is 12.1. The van der Waals surface area contributed by atoms with Gasteiger partial charge in [0.15, 0.2) is 0 Å². The molecule has 0 aromatic heterocycles. The summed E-state index contributed by atoms with van der Waals surface area (Å²) in [6.45, 7) is 1.62. The van der Waals surface area contributed by atoms with Crippen LogP contribution in [0.25, 0.3) is 0 Å². The number of carbonyl (C=O) groups is 2. The van der Waals surface area contributed by atoms with Crippen molar-refractivity contribution in [3.63, 3.8) is 0 Å². The molecule has 2 aromatic carbocycles. The molecule has 0 heterocycles. The number of benzene rings is 2. The van der Waals surface area contributed by atoms with E-state index in [-0.39, 0.29) is 11.9 Å². The second kappa shape index (κ2) is 7.74. The summed E-state index contributed by atoms with van der Waals surface area (Å²) in [5.41, 5.74) is 3.01. The van der Waals surface area contributed by atoms with E-state index in [1.807, 2.05) is 18.2 Å². The molecule has 0 bridgehead atoms. The zero-order chi connectivity index (χ0) is 17.8. The van der Waals surface area contributed by atoms with Crippen molar-refractivity contribution in [2.45, 2.75) is 42.4 Å². The lowest BCUT2D eigenvalue weighted by molar-refractivity contribution is -0.136. The minimum Gasteiger partial charge on any atom is -0.480 e. The van der Waals surface area contributed by atoms with Crippen LogP contribution in [0, 0.1) is 0 Å². The number of carboxylic acid groups (broad SMARTS) is 1. The van der Waals surface area contributed by atoms with Gasteiger partial charge in [0.25, 0.3) is 5.91 Å². The largest absolute Gasteiger partial charge is 0.480 e. The first-order valence-electron chi connectivity index (χ1n) is 8.43. The van der Waals surface area contributed by atoms with Gasteiger partial charge < -0.3 is 10.4 Å². The van der Waals surface area contributed by atoms with Gasteiger partial charge in [-0.05, 0) is 49.4 Å². The second-order valence-corrected chi connectivity index (χ2v) is 7.59. The van der Waals surface area contributed by atoms with E-state index < -0.39 is 11.2 Å². The summed E-state index contributed by atoms with van der Waals surface area (Å²) in [7, 11) is 0. The predicted molar refractivity (Wildman–Crippen MR) is 99.0 cm³/mol. The minimum absolute atomic E-state index is 0.00685. The van der Waals surface area contributed by atoms with Crippen LogP contribution in [0.4, 0.5) is 0 Å². The number of amides is 1. The number of hydrogen-bond donors (Lipinski definition) is 2. The highest BCUT2D eigenvalue weighted by Gasteiger charge is 2.23. The van der Waals surface area contributed by atoms with Crippen LogP contribution in [0.3, 0.4) is 0 Å². The van der Waals surface area contributed by atoms with Gasteiger partial charge >= 0.3 is 5.97 Å². The van der Waals surface area contributed by atoms with Gasteiger partial charge in [-0.25, -0.2) is 0 Å². The topological polar surface area (TPSA) is 66.4 Å². The molecule has 0 fully saturated rings. The highest BCUT2D eigenvalue weighted by Crippen LogP contribution is 2.31. The fourth-order valence-corrected chi connectivity index (χ4v) is 4.06. The third kappa shape index (κ3) is 4.04. The molecule has 1 amide bonds. The van der Waals surface area contributed by atoms with Crippen molar-refractivity contribution in [2.24, 2.45) is 0 Å². The zero-order valence-corrected chi connectivity index (χ0v) is 14.9. The molecule has 0 radical (unpaired) electrons. The zero-order valence-electron chi connectivity index (χ0n) is 14.1. The number of thioether (sulfide) groups is 1. The maximum atomic E-state index is 12.8. The Balaban J connectivity index is 1.80. The SMILES string of the molecule is CC(Sc1ccccc1C(=O)NC1CCCc2ccccc21)C(=O)O. The molecular weight excluding hydrogens is 334 g/mol. The fourth-order valence-electron chi connectivity index (χ4n) is 3.14. The van der Waals surface area contributed by atoms with Gasteiger partial charge in [-0.1, -0.05) is 36.4 Å². The molecule has 25 heavy (non-hydrogen) atoms. The summed E-state index contributed by atoms with van der Waals surface area (Å²) >= 11 is 1.19. The van der Waals surface area contributed by atoms with Crippen molar-refractivity contribution >= 4 is 23.6 Å². The Morgan fingerprint density at radius 2 is 1.88 bits per heavy atom. The summed E-state index contributed by atoms with van der Waals surface area (Å²) in [4.78, 5) is 24.6. The summed E-state index contributed by atoms with van der Waals surface area (Å²) in [6.07, 6.45) is 3.02. The van der Waals surface area contributed by atoms with Crippen LogP contribution in [0.5, 0.6) is 0 Å². The summed E-state index contributed by atoms with van der Waals surface area (Å²) in [5.74, 6) is -1.04. The maximum absolute atomic E-state index is 12.8. The van der Waals surface area contributed by atoms with Crippen molar-refractivity contribution in [3.05, 3.63) is 65.2 Å². The smallest absolute Gasteiger partial charge is 0.316 e. The Bertz CT molecular complexity index is 790. The number of carbonyl (C=O) groups excluding carboxylic acids is 1. The molecule has 0 saturated heterocycles. The molecule has 3 rings (SSSR count). The van der Waals surface area contributed by atoms with Gasteiger partial charge in [0, 0.05) is 4.90 Å². The first kappa shape index (κ1) is 17.5. The predicted octanol–water partition coefficient (Wildman–Crippen LogP) is 4.06. The van der Waals surface area contributed by atoms with Crippen LogP contribution in [0.1, 0.15) is 47.3 Å². The molecule has 5 heteroatoms. The molecule has 0 spiro atoms. The van der Waals surface area contributed by atoms with E-state index in [4.69, 9.17) is 5.11 Å². The highest BCUT2D eigenvalue weighted by atomic mass is 32.2. The summed E-state index contributed by atoms with van der Waals surface area (Å²) in [5, 5.41) is 11.6. The fraction of sp³-hybridized carbons (Fsp3) is 0.300. The Morgan fingerprint density at radius 1 is 1.16 bits per heavy atom. The van der Waals surface area contributed by atoms with Crippen LogP contribution < -0.4 is 5.32 Å². The molecule has 4 nitrogen and oxygen atoms in total. The quantitative estimate of drug-likeness (QED) is 0.794. The number of carboxylic acids is 1. The van der Waals surface area contributed by atoms with Crippen LogP contribution in [0.15, 0.2) is 53.4 Å². The van der Waals surface area contributed by atoms with Gasteiger partial charge in [-0.2, -0.15) is 0 Å². The molecule has 2 N–H and O–H groups in total. The Hall–Kier alpha value is -2.27. The van der Waals surface area contributed by atoms with Crippen LogP contribution in [0.2, 0.25) is 0 Å². The molecule has 130 valence electrons. The normalized spacial score (nSPS) is 17.4. The van der Waals surface area contributed by atoms with E-state index in [9.17, 15) is 9.59 Å². The van der Waals surface area contributed by atoms with E-state index in [0.29, 0.717) is 10.5 Å². The van der Waals surface area contributed by atoms with Gasteiger partial charge in [0.05, 0.1) is 11.6 Å².